The number of unbranched alkanes of at least 4 members (excludes halogenated alkanes) is 2. The highest BCUT2D eigenvalue weighted by Gasteiger charge is 2.44. The quantitative estimate of drug-likeness (QED) is 0.0335. The first-order chi connectivity index (χ1) is 37.5. The molecule has 79 heavy (non-hydrogen) atoms. The maximum atomic E-state index is 14.1. The molecule has 2 saturated heterocycles. The van der Waals surface area contributed by atoms with Gasteiger partial charge in [0.25, 0.3) is 0 Å². The fraction of sp³-hybridized carbons (Fsp3) is 0.500. The second-order valence-electron chi connectivity index (χ2n) is 22.3. The Balaban J connectivity index is 0.836. The Morgan fingerprint density at radius 2 is 1.62 bits per heavy atom. The summed E-state index contributed by atoms with van der Waals surface area (Å²) in [6.45, 7) is 19.3. The lowest BCUT2D eigenvalue weighted by Gasteiger charge is -2.35. The smallest absolute Gasteiger partial charge is 0.246 e. The van der Waals surface area contributed by atoms with Crippen molar-refractivity contribution in [2.24, 2.45) is 5.41 Å². The number of hydrogen-bond donors (Lipinski definition) is 6. The number of aliphatic hydroxyl groups excluding tert-OH is 1. The van der Waals surface area contributed by atoms with Crippen molar-refractivity contribution in [1.29, 1.82) is 0 Å². The zero-order chi connectivity index (χ0) is 57.2. The Morgan fingerprint density at radius 3 is 2.29 bits per heavy atom. The molecule has 0 unspecified atom stereocenters. The van der Waals surface area contributed by atoms with E-state index in [0.717, 1.165) is 53.2 Å². The number of thiazole rings is 1. The number of para-hydroxylation sites is 1. The van der Waals surface area contributed by atoms with E-state index in [0.29, 0.717) is 42.9 Å². The van der Waals surface area contributed by atoms with Crippen LogP contribution in [-0.2, 0) is 35.6 Å². The van der Waals surface area contributed by atoms with Gasteiger partial charge in [-0.05, 0) is 138 Å². The van der Waals surface area contributed by atoms with E-state index in [1.807, 2.05) is 77.4 Å². The number of aliphatic hydroxyl groups is 1. The van der Waals surface area contributed by atoms with Gasteiger partial charge in [0.2, 0.25) is 29.6 Å². The molecule has 0 saturated carbocycles. The van der Waals surface area contributed by atoms with E-state index in [1.165, 1.54) is 16.7 Å². The van der Waals surface area contributed by atoms with Gasteiger partial charge in [0.1, 0.15) is 22.9 Å². The van der Waals surface area contributed by atoms with Crippen molar-refractivity contribution in [3.63, 3.8) is 0 Å². The summed E-state index contributed by atoms with van der Waals surface area (Å²) in [6.07, 6.45) is 4.43. The van der Waals surface area contributed by atoms with Crippen LogP contribution in [0.5, 0.6) is 5.75 Å². The molecule has 2 aliphatic heterocycles. The van der Waals surface area contributed by atoms with E-state index in [9.17, 15) is 32.7 Å². The first kappa shape index (κ1) is 60.5. The van der Waals surface area contributed by atoms with E-state index in [2.05, 4.69) is 59.4 Å². The number of nitrogens with zero attached hydrogens (tertiary/aromatic N) is 5. The summed E-state index contributed by atoms with van der Waals surface area (Å²) in [5.74, 6) is 0.269. The minimum absolute atomic E-state index is 0.00381. The molecule has 426 valence electrons. The number of carbonyl (C=O) groups excluding carboxylic acids is 4. The maximum Gasteiger partial charge on any atom is 0.246 e. The molecule has 21 heteroatoms. The molecule has 7 rings (SSSR count). The van der Waals surface area contributed by atoms with Crippen LogP contribution >= 0.6 is 22.9 Å². The number of carbonyl (C=O) groups is 4. The molecule has 18 nitrogen and oxygen atoms in total. The lowest BCUT2D eigenvalue weighted by atomic mass is 9.85. The summed E-state index contributed by atoms with van der Waals surface area (Å²) in [5, 5.41) is 25.6. The predicted octanol–water partition coefficient (Wildman–Crippen LogP) is 8.99. The SMILES string of the molecule is Cc1cc(Nc2ncc(Cl)c(Nc3ccccc3S(=O)(=O)C(C)C)n2)c(OC(C)C)cc1C1CCN(CC(=O)NCCCCCC(=O)N[C@H](C(=O)N2C[C@H](O)C[C@H]2C(=O)NCc2ccc(-c3scnc3C)cc2)C(C)(C)C)CC1. The van der Waals surface area contributed by atoms with E-state index < -0.39 is 44.6 Å². The van der Waals surface area contributed by atoms with Gasteiger partial charge in [-0.15, -0.1) is 11.3 Å². The van der Waals surface area contributed by atoms with Gasteiger partial charge in [-0.2, -0.15) is 4.98 Å². The van der Waals surface area contributed by atoms with Crippen LogP contribution in [0, 0.1) is 19.3 Å². The number of aryl methyl sites for hydroxylation is 2. The molecular formula is C58H77ClN10O8S2. The van der Waals surface area contributed by atoms with Gasteiger partial charge < -0.3 is 41.3 Å². The highest BCUT2D eigenvalue weighted by molar-refractivity contribution is 7.92. The monoisotopic (exact) mass is 1140 g/mol. The summed E-state index contributed by atoms with van der Waals surface area (Å²) in [5.41, 5.74) is 7.29. The molecule has 2 fully saturated rings. The van der Waals surface area contributed by atoms with Crippen LogP contribution in [0.2, 0.25) is 5.02 Å². The largest absolute Gasteiger partial charge is 0.489 e. The molecule has 4 heterocycles. The second-order valence-corrected chi connectivity index (χ2v) is 26.0. The number of β-amino-alcohol motifs (C(OH)–C–C–N with tert-alkyl or cyclic N) is 1. The van der Waals surface area contributed by atoms with Crippen LogP contribution in [0.4, 0.5) is 23.1 Å². The highest BCUT2D eigenvalue weighted by atomic mass is 35.5. The zero-order valence-electron chi connectivity index (χ0n) is 46.8. The maximum absolute atomic E-state index is 14.1. The number of sulfone groups is 1. The second kappa shape index (κ2) is 26.8. The highest BCUT2D eigenvalue weighted by Crippen LogP contribution is 2.39. The third-order valence-electron chi connectivity index (χ3n) is 14.3. The number of rotatable bonds is 23. The summed E-state index contributed by atoms with van der Waals surface area (Å²) in [6, 6.07) is 16.8. The van der Waals surface area contributed by atoms with Crippen LogP contribution in [0.15, 0.2) is 77.3 Å². The Kier molecular flexibility index (Phi) is 20.5. The molecule has 2 aliphatic rings. The van der Waals surface area contributed by atoms with Gasteiger partial charge in [0, 0.05) is 32.5 Å². The number of benzene rings is 3. The number of nitrogens with one attached hydrogen (secondary N) is 5. The van der Waals surface area contributed by atoms with Crippen molar-refractivity contribution < 1.29 is 37.4 Å². The fourth-order valence-electron chi connectivity index (χ4n) is 9.92. The lowest BCUT2D eigenvalue weighted by molar-refractivity contribution is -0.144. The number of likely N-dealkylation sites (tertiary alicyclic amines) is 2. The van der Waals surface area contributed by atoms with Crippen molar-refractivity contribution in [3.05, 3.63) is 99.8 Å². The molecule has 0 radical (unpaired) electrons. The topological polar surface area (TPSA) is 237 Å². The normalized spacial score (nSPS) is 16.7. The summed E-state index contributed by atoms with van der Waals surface area (Å²) < 4.78 is 32.6. The molecule has 3 aromatic carbocycles. The van der Waals surface area contributed by atoms with Crippen molar-refractivity contribution in [1.82, 2.24) is 40.7 Å². The molecular weight excluding hydrogens is 1060 g/mol. The van der Waals surface area contributed by atoms with Gasteiger partial charge in [0.15, 0.2) is 15.7 Å². The minimum atomic E-state index is -3.60. The average Bonchev–Trinajstić information content (AvgIpc) is 4.04. The van der Waals surface area contributed by atoms with Crippen molar-refractivity contribution in [3.8, 4) is 16.2 Å². The van der Waals surface area contributed by atoms with Crippen LogP contribution in [0.25, 0.3) is 10.4 Å². The Morgan fingerprint density at radius 1 is 0.899 bits per heavy atom. The number of halogens is 1. The number of piperidine rings is 1. The van der Waals surface area contributed by atoms with E-state index in [1.54, 1.807) is 49.4 Å². The predicted molar refractivity (Wildman–Crippen MR) is 311 cm³/mol. The van der Waals surface area contributed by atoms with Crippen molar-refractivity contribution in [2.75, 3.05) is 43.4 Å². The first-order valence-electron chi connectivity index (χ1n) is 27.2. The Labute approximate surface area is 474 Å². The number of anilines is 4. The summed E-state index contributed by atoms with van der Waals surface area (Å²) >= 11 is 8.10. The third-order valence-corrected chi connectivity index (χ3v) is 17.8. The van der Waals surface area contributed by atoms with Gasteiger partial charge in [-0.1, -0.05) is 75.2 Å². The molecule has 0 bridgehead atoms. The van der Waals surface area contributed by atoms with E-state index in [4.69, 9.17) is 16.3 Å². The molecule has 4 amide bonds. The molecule has 0 aliphatic carbocycles. The van der Waals surface area contributed by atoms with E-state index >= 15 is 0 Å². The van der Waals surface area contributed by atoms with Crippen LogP contribution < -0.4 is 31.3 Å². The van der Waals surface area contributed by atoms with Crippen LogP contribution in [-0.4, -0.2) is 124 Å². The average molecular weight is 1140 g/mol. The number of hydrogen-bond acceptors (Lipinski definition) is 15. The van der Waals surface area contributed by atoms with E-state index in [-0.39, 0.29) is 83.9 Å². The zero-order valence-corrected chi connectivity index (χ0v) is 49.2. The van der Waals surface area contributed by atoms with Crippen molar-refractivity contribution >= 4 is 79.5 Å². The molecule has 0 spiro atoms. The van der Waals surface area contributed by atoms with Gasteiger partial charge in [0.05, 0.1) is 62.6 Å². The van der Waals surface area contributed by atoms with Gasteiger partial charge >= 0.3 is 0 Å². The van der Waals surface area contributed by atoms with Crippen molar-refractivity contribution in [2.45, 2.75) is 154 Å². The Bertz CT molecular complexity index is 3050. The van der Waals surface area contributed by atoms with Crippen LogP contribution in [0.1, 0.15) is 122 Å². The molecule has 6 N–H and O–H groups in total. The lowest BCUT2D eigenvalue weighted by Crippen LogP contribution is -2.57. The molecule has 2 aromatic heterocycles. The Hall–Kier alpha value is -6.19. The number of ether oxygens (including phenoxy) is 1. The summed E-state index contributed by atoms with van der Waals surface area (Å²) in [4.78, 5) is 72.2. The first-order valence-corrected chi connectivity index (χ1v) is 30.0. The van der Waals surface area contributed by atoms with Crippen LogP contribution in [0.3, 0.4) is 0 Å². The molecule has 5 aromatic rings. The fourth-order valence-corrected chi connectivity index (χ4v) is 12.1. The summed E-state index contributed by atoms with van der Waals surface area (Å²) in [7, 11) is -3.60. The third kappa shape index (κ3) is 16.0. The standard InChI is InChI=1S/C58H77ClN10O8S2/c1-35(2)77-48-29-43(37(5)27-46(48)65-57-62-31-44(59)54(67-57)64-45-15-12-13-16-49(45)79(75,76)36(3)4)40-22-25-68(26-23-40)33-51(72)60-24-14-10-11-17-50(71)66-53(58(7,8)9)56(74)69-32-42(70)28-47(69)55(73)61-30-39-18-20-41(21-19-39)52-38(6)63-34-78-52/h12-13,15-16,18-21,27,29,31,34-36,40,42,47,53,70H,10-11,14,17,22-26,28,30,32-33H2,1-9H3,(H,60,72)(H,61,73)(H,66,71)(H2,62,64,65,67)/t42-,47+,53-/m1/s1. The number of amides is 4. The number of aromatic nitrogens is 3. The van der Waals surface area contributed by atoms with Gasteiger partial charge in [-0.25, -0.2) is 18.4 Å². The molecule has 3 atom stereocenters. The van der Waals surface area contributed by atoms with Gasteiger partial charge in [-0.3, -0.25) is 24.1 Å². The minimum Gasteiger partial charge on any atom is -0.489 e.